The van der Waals surface area contributed by atoms with Gasteiger partial charge in [-0.15, -0.1) is 0 Å². The van der Waals surface area contributed by atoms with Crippen molar-refractivity contribution in [2.24, 2.45) is 0 Å². The number of benzene rings is 1. The van der Waals surface area contributed by atoms with Gasteiger partial charge in [0.05, 0.1) is 17.0 Å². The van der Waals surface area contributed by atoms with Gasteiger partial charge in [0, 0.05) is 29.8 Å². The summed E-state index contributed by atoms with van der Waals surface area (Å²) in [6.07, 6.45) is 1.70. The molecule has 2 aromatic heterocycles. The fraction of sp³-hybridized carbons (Fsp3) is 0.250. The Morgan fingerprint density at radius 3 is 2.92 bits per heavy atom. The SMILES string of the molecule is CN(C)CCn1nc2c3c(c([N+](=O)[O-])ccc31)Sc1ncccc1-2. The standard InChI is InChI=1S/C16H15N5O2S/c1-19(2)8-9-20-11-5-6-12(21(22)23)15-13(11)14(18-20)10-4-3-7-17-16(10)24-15/h3-7H,8-9H2,1-2H3. The Labute approximate surface area is 142 Å². The Morgan fingerprint density at radius 2 is 2.17 bits per heavy atom. The summed E-state index contributed by atoms with van der Waals surface area (Å²) >= 11 is 1.35. The molecular formula is C16H15N5O2S. The van der Waals surface area contributed by atoms with E-state index in [1.54, 1.807) is 18.3 Å². The van der Waals surface area contributed by atoms with E-state index in [1.165, 1.54) is 11.8 Å². The van der Waals surface area contributed by atoms with Gasteiger partial charge >= 0.3 is 0 Å². The molecule has 7 nitrogen and oxygen atoms in total. The van der Waals surface area contributed by atoms with Crippen molar-refractivity contribution < 1.29 is 4.92 Å². The molecule has 0 saturated carbocycles. The van der Waals surface area contributed by atoms with E-state index in [-0.39, 0.29) is 10.6 Å². The first kappa shape index (κ1) is 15.1. The van der Waals surface area contributed by atoms with E-state index in [0.717, 1.165) is 40.3 Å². The van der Waals surface area contributed by atoms with Crippen LogP contribution < -0.4 is 0 Å². The van der Waals surface area contributed by atoms with E-state index in [2.05, 4.69) is 9.88 Å². The Hall–Kier alpha value is -2.45. The van der Waals surface area contributed by atoms with Crippen LogP contribution in [0, 0.1) is 10.1 Å². The van der Waals surface area contributed by atoms with Crippen LogP contribution in [-0.2, 0) is 6.54 Å². The van der Waals surface area contributed by atoms with Gasteiger partial charge in [-0.1, -0.05) is 11.8 Å². The van der Waals surface area contributed by atoms with Crippen molar-refractivity contribution in [3.05, 3.63) is 40.6 Å². The number of likely N-dealkylation sites (N-methyl/N-ethyl adjacent to an activating group) is 1. The van der Waals surface area contributed by atoms with Crippen LogP contribution in [0.2, 0.25) is 0 Å². The van der Waals surface area contributed by atoms with E-state index >= 15 is 0 Å². The number of nitro groups is 1. The Kier molecular flexibility index (Phi) is 3.50. The fourth-order valence-corrected chi connectivity index (χ4v) is 4.01. The number of nitrogens with zero attached hydrogens (tertiary/aromatic N) is 5. The third-order valence-electron chi connectivity index (χ3n) is 4.03. The van der Waals surface area contributed by atoms with Gasteiger partial charge in [-0.25, -0.2) is 4.98 Å². The van der Waals surface area contributed by atoms with E-state index in [1.807, 2.05) is 30.9 Å². The predicted molar refractivity (Wildman–Crippen MR) is 92.3 cm³/mol. The number of hydrogen-bond acceptors (Lipinski definition) is 6. The summed E-state index contributed by atoms with van der Waals surface area (Å²) < 4.78 is 1.93. The zero-order valence-corrected chi connectivity index (χ0v) is 14.1. The molecule has 0 saturated heterocycles. The molecule has 0 N–H and O–H groups in total. The van der Waals surface area contributed by atoms with Gasteiger partial charge < -0.3 is 4.90 Å². The maximum atomic E-state index is 11.4. The summed E-state index contributed by atoms with van der Waals surface area (Å²) in [5.74, 6) is 0. The molecule has 24 heavy (non-hydrogen) atoms. The second kappa shape index (κ2) is 5.57. The van der Waals surface area contributed by atoms with Crippen molar-refractivity contribution in [1.82, 2.24) is 19.7 Å². The molecule has 0 unspecified atom stereocenters. The lowest BCUT2D eigenvalue weighted by atomic mass is 10.1. The van der Waals surface area contributed by atoms with Crippen LogP contribution in [0.25, 0.3) is 22.2 Å². The zero-order valence-electron chi connectivity index (χ0n) is 13.3. The van der Waals surface area contributed by atoms with Crippen molar-refractivity contribution in [2.45, 2.75) is 16.5 Å². The van der Waals surface area contributed by atoms with Crippen molar-refractivity contribution in [3.8, 4) is 11.3 Å². The van der Waals surface area contributed by atoms with Crippen molar-refractivity contribution in [2.75, 3.05) is 20.6 Å². The van der Waals surface area contributed by atoms with Crippen LogP contribution >= 0.6 is 11.8 Å². The maximum Gasteiger partial charge on any atom is 0.284 e. The molecule has 0 bridgehead atoms. The highest BCUT2D eigenvalue weighted by Crippen LogP contribution is 2.49. The smallest absolute Gasteiger partial charge is 0.284 e. The summed E-state index contributed by atoms with van der Waals surface area (Å²) in [6.45, 7) is 1.57. The van der Waals surface area contributed by atoms with E-state index < -0.39 is 0 Å². The van der Waals surface area contributed by atoms with Gasteiger partial charge in [-0.3, -0.25) is 14.8 Å². The summed E-state index contributed by atoms with van der Waals surface area (Å²) in [5, 5.41) is 17.8. The Morgan fingerprint density at radius 1 is 1.33 bits per heavy atom. The highest BCUT2D eigenvalue weighted by atomic mass is 32.2. The lowest BCUT2D eigenvalue weighted by Gasteiger charge is -2.13. The van der Waals surface area contributed by atoms with Gasteiger partial charge in [0.1, 0.15) is 15.6 Å². The number of nitro benzene ring substituents is 1. The topological polar surface area (TPSA) is 77.1 Å². The molecule has 0 spiro atoms. The first-order valence-electron chi connectivity index (χ1n) is 7.52. The molecule has 3 aromatic rings. The molecule has 0 aliphatic carbocycles. The highest BCUT2D eigenvalue weighted by molar-refractivity contribution is 7.99. The van der Waals surface area contributed by atoms with Gasteiger partial charge in [0.2, 0.25) is 0 Å². The highest BCUT2D eigenvalue weighted by Gasteiger charge is 2.30. The number of fused-ring (bicyclic) bond motifs is 2. The minimum Gasteiger partial charge on any atom is -0.308 e. The zero-order chi connectivity index (χ0) is 16.8. The lowest BCUT2D eigenvalue weighted by Crippen LogP contribution is -2.18. The Bertz CT molecular complexity index is 967. The molecule has 1 aromatic carbocycles. The molecule has 8 heteroatoms. The first-order chi connectivity index (χ1) is 11.6. The number of aromatic nitrogens is 3. The fourth-order valence-electron chi connectivity index (χ4n) is 2.88. The van der Waals surface area contributed by atoms with Gasteiger partial charge in [0.15, 0.2) is 0 Å². The van der Waals surface area contributed by atoms with E-state index in [9.17, 15) is 10.1 Å². The van der Waals surface area contributed by atoms with E-state index in [0.29, 0.717) is 4.90 Å². The molecule has 0 amide bonds. The molecule has 3 heterocycles. The van der Waals surface area contributed by atoms with Crippen molar-refractivity contribution >= 4 is 28.4 Å². The maximum absolute atomic E-state index is 11.4. The first-order valence-corrected chi connectivity index (χ1v) is 8.34. The Balaban J connectivity index is 1.99. The van der Waals surface area contributed by atoms with Crippen LogP contribution in [0.1, 0.15) is 0 Å². The van der Waals surface area contributed by atoms with Crippen LogP contribution in [0.4, 0.5) is 5.69 Å². The molecule has 122 valence electrons. The molecule has 1 aliphatic heterocycles. The molecule has 0 radical (unpaired) electrons. The van der Waals surface area contributed by atoms with Gasteiger partial charge in [-0.2, -0.15) is 5.10 Å². The molecule has 0 fully saturated rings. The number of pyridine rings is 1. The van der Waals surface area contributed by atoms with Crippen LogP contribution in [-0.4, -0.2) is 45.2 Å². The lowest BCUT2D eigenvalue weighted by molar-refractivity contribution is -0.387. The van der Waals surface area contributed by atoms with Crippen molar-refractivity contribution in [1.29, 1.82) is 0 Å². The molecule has 0 atom stereocenters. The average molecular weight is 341 g/mol. The molecule has 4 rings (SSSR count). The summed E-state index contributed by atoms with van der Waals surface area (Å²) in [5.41, 5.74) is 2.75. The van der Waals surface area contributed by atoms with Crippen LogP contribution in [0.3, 0.4) is 0 Å². The summed E-state index contributed by atoms with van der Waals surface area (Å²) in [7, 11) is 4.02. The third-order valence-corrected chi connectivity index (χ3v) is 5.17. The van der Waals surface area contributed by atoms with Crippen LogP contribution in [0.15, 0.2) is 40.4 Å². The molecule has 1 aliphatic rings. The quantitative estimate of drug-likeness (QED) is 0.419. The summed E-state index contributed by atoms with van der Waals surface area (Å²) in [4.78, 5) is 18.2. The number of hydrogen-bond donors (Lipinski definition) is 0. The third kappa shape index (κ3) is 2.26. The normalized spacial score (nSPS) is 12.6. The average Bonchev–Trinajstić information content (AvgIpc) is 2.93. The predicted octanol–water partition coefficient (Wildman–Crippen LogP) is 3.03. The van der Waals surface area contributed by atoms with Gasteiger partial charge in [-0.05, 0) is 32.3 Å². The second-order valence-electron chi connectivity index (χ2n) is 5.90. The molecular weight excluding hydrogens is 326 g/mol. The monoisotopic (exact) mass is 341 g/mol. The summed E-state index contributed by atoms with van der Waals surface area (Å²) in [6, 6.07) is 7.20. The van der Waals surface area contributed by atoms with Crippen molar-refractivity contribution in [3.63, 3.8) is 0 Å². The van der Waals surface area contributed by atoms with E-state index in [4.69, 9.17) is 5.10 Å². The minimum atomic E-state index is -0.337. The van der Waals surface area contributed by atoms with Gasteiger partial charge in [0.25, 0.3) is 5.69 Å². The number of rotatable bonds is 4. The van der Waals surface area contributed by atoms with Crippen LogP contribution in [0.5, 0.6) is 0 Å². The minimum absolute atomic E-state index is 0.109. The largest absolute Gasteiger partial charge is 0.308 e. The second-order valence-corrected chi connectivity index (χ2v) is 6.90.